The number of hydrogen-bond donors (Lipinski definition) is 1. The van der Waals surface area contributed by atoms with Crippen molar-refractivity contribution in [1.82, 2.24) is 10.2 Å². The second-order valence-corrected chi connectivity index (χ2v) is 6.36. The molecule has 0 radical (unpaired) electrons. The van der Waals surface area contributed by atoms with Crippen molar-refractivity contribution < 1.29 is 0 Å². The molecule has 0 aromatic heterocycles. The van der Waals surface area contributed by atoms with Crippen LogP contribution in [-0.2, 0) is 0 Å². The van der Waals surface area contributed by atoms with Crippen molar-refractivity contribution in [2.45, 2.75) is 70.9 Å². The summed E-state index contributed by atoms with van der Waals surface area (Å²) in [5.74, 6) is 1.03. The van der Waals surface area contributed by atoms with E-state index in [1.165, 1.54) is 64.6 Å². The predicted molar refractivity (Wildman–Crippen MR) is 74.3 cm³/mol. The zero-order chi connectivity index (χ0) is 12.1. The van der Waals surface area contributed by atoms with Crippen LogP contribution in [0.25, 0.3) is 0 Å². The minimum Gasteiger partial charge on any atom is -0.310 e. The maximum absolute atomic E-state index is 3.78. The molecule has 100 valence electrons. The van der Waals surface area contributed by atoms with E-state index in [4.69, 9.17) is 0 Å². The molecule has 1 saturated carbocycles. The van der Waals surface area contributed by atoms with Crippen molar-refractivity contribution >= 4 is 0 Å². The van der Waals surface area contributed by atoms with Gasteiger partial charge in [0.1, 0.15) is 0 Å². The SMILES string of the molecule is CC(CC1CCC1)NC(C)CN1CCCCC1. The Balaban J connectivity index is 1.59. The molecule has 0 amide bonds. The lowest BCUT2D eigenvalue weighted by molar-refractivity contribution is 0.196. The van der Waals surface area contributed by atoms with Gasteiger partial charge in [0.15, 0.2) is 0 Å². The van der Waals surface area contributed by atoms with Crippen molar-refractivity contribution in [3.63, 3.8) is 0 Å². The number of likely N-dealkylation sites (tertiary alicyclic amines) is 1. The van der Waals surface area contributed by atoms with Gasteiger partial charge in [-0.15, -0.1) is 0 Å². The molecule has 0 aromatic rings. The van der Waals surface area contributed by atoms with Crippen molar-refractivity contribution in [3.05, 3.63) is 0 Å². The van der Waals surface area contributed by atoms with Crippen LogP contribution in [0.2, 0.25) is 0 Å². The zero-order valence-electron chi connectivity index (χ0n) is 11.8. The van der Waals surface area contributed by atoms with Crippen LogP contribution in [-0.4, -0.2) is 36.6 Å². The van der Waals surface area contributed by atoms with Crippen LogP contribution in [0, 0.1) is 5.92 Å². The van der Waals surface area contributed by atoms with Crippen LogP contribution in [0.3, 0.4) is 0 Å². The molecule has 0 bridgehead atoms. The number of rotatable bonds is 6. The van der Waals surface area contributed by atoms with Gasteiger partial charge in [-0.2, -0.15) is 0 Å². The minimum absolute atomic E-state index is 0.656. The molecule has 1 aliphatic carbocycles. The van der Waals surface area contributed by atoms with E-state index in [1.54, 1.807) is 0 Å². The molecule has 2 aliphatic rings. The highest BCUT2D eigenvalue weighted by Gasteiger charge is 2.21. The van der Waals surface area contributed by atoms with Crippen molar-refractivity contribution in [3.8, 4) is 0 Å². The average Bonchev–Trinajstić information content (AvgIpc) is 2.25. The fourth-order valence-electron chi connectivity index (χ4n) is 3.36. The normalized spacial score (nSPS) is 26.5. The predicted octanol–water partition coefficient (Wildman–Crippen LogP) is 3.03. The Morgan fingerprint density at radius 3 is 2.29 bits per heavy atom. The molecule has 1 N–H and O–H groups in total. The highest BCUT2D eigenvalue weighted by Crippen LogP contribution is 2.30. The number of piperidine rings is 1. The lowest BCUT2D eigenvalue weighted by Gasteiger charge is -2.33. The van der Waals surface area contributed by atoms with Gasteiger partial charge in [0.25, 0.3) is 0 Å². The van der Waals surface area contributed by atoms with E-state index in [0.29, 0.717) is 12.1 Å². The van der Waals surface area contributed by atoms with Crippen LogP contribution in [0.15, 0.2) is 0 Å². The summed E-state index contributed by atoms with van der Waals surface area (Å²) in [6, 6.07) is 1.36. The monoisotopic (exact) mass is 238 g/mol. The molecular weight excluding hydrogens is 208 g/mol. The van der Waals surface area contributed by atoms with E-state index in [0.717, 1.165) is 5.92 Å². The third-order valence-electron chi connectivity index (χ3n) is 4.46. The van der Waals surface area contributed by atoms with Crippen LogP contribution in [0.5, 0.6) is 0 Å². The Morgan fingerprint density at radius 1 is 1.00 bits per heavy atom. The van der Waals surface area contributed by atoms with Crippen LogP contribution < -0.4 is 5.32 Å². The van der Waals surface area contributed by atoms with Gasteiger partial charge in [0, 0.05) is 18.6 Å². The van der Waals surface area contributed by atoms with E-state index in [9.17, 15) is 0 Å². The van der Waals surface area contributed by atoms with Crippen molar-refractivity contribution in [1.29, 1.82) is 0 Å². The van der Waals surface area contributed by atoms with Gasteiger partial charge in [-0.3, -0.25) is 0 Å². The Hall–Kier alpha value is -0.0800. The second kappa shape index (κ2) is 6.75. The molecule has 0 spiro atoms. The molecule has 2 unspecified atom stereocenters. The van der Waals surface area contributed by atoms with Crippen LogP contribution in [0.4, 0.5) is 0 Å². The third-order valence-corrected chi connectivity index (χ3v) is 4.46. The Morgan fingerprint density at radius 2 is 1.71 bits per heavy atom. The van der Waals surface area contributed by atoms with Crippen molar-refractivity contribution in [2.75, 3.05) is 19.6 Å². The molecule has 17 heavy (non-hydrogen) atoms. The van der Waals surface area contributed by atoms with E-state index >= 15 is 0 Å². The fourth-order valence-corrected chi connectivity index (χ4v) is 3.36. The van der Waals surface area contributed by atoms with E-state index in [1.807, 2.05) is 0 Å². The molecule has 0 aromatic carbocycles. The summed E-state index contributed by atoms with van der Waals surface area (Å²) in [6.45, 7) is 8.61. The Labute approximate surface area is 107 Å². The number of nitrogens with one attached hydrogen (secondary N) is 1. The highest BCUT2D eigenvalue weighted by molar-refractivity contribution is 4.78. The van der Waals surface area contributed by atoms with Gasteiger partial charge in [0.05, 0.1) is 0 Å². The zero-order valence-corrected chi connectivity index (χ0v) is 11.8. The number of nitrogens with zero attached hydrogens (tertiary/aromatic N) is 1. The van der Waals surface area contributed by atoms with E-state index in [-0.39, 0.29) is 0 Å². The highest BCUT2D eigenvalue weighted by atomic mass is 15.2. The lowest BCUT2D eigenvalue weighted by Crippen LogP contribution is -2.45. The van der Waals surface area contributed by atoms with Gasteiger partial charge in [0.2, 0.25) is 0 Å². The summed E-state index contributed by atoms with van der Waals surface area (Å²) in [7, 11) is 0. The first kappa shape index (κ1) is 13.4. The molecule has 1 saturated heterocycles. The molecular formula is C15H30N2. The first-order chi connectivity index (χ1) is 8.24. The fraction of sp³-hybridized carbons (Fsp3) is 1.00. The molecule has 1 heterocycles. The quantitative estimate of drug-likeness (QED) is 0.765. The average molecular weight is 238 g/mol. The second-order valence-electron chi connectivity index (χ2n) is 6.36. The first-order valence-corrected chi connectivity index (χ1v) is 7.72. The van der Waals surface area contributed by atoms with Gasteiger partial charge in [-0.25, -0.2) is 0 Å². The first-order valence-electron chi connectivity index (χ1n) is 7.72. The molecule has 1 aliphatic heterocycles. The van der Waals surface area contributed by atoms with Gasteiger partial charge in [-0.1, -0.05) is 25.7 Å². The minimum atomic E-state index is 0.656. The summed E-state index contributed by atoms with van der Waals surface area (Å²) >= 11 is 0. The van der Waals surface area contributed by atoms with E-state index < -0.39 is 0 Å². The maximum atomic E-state index is 3.78. The third kappa shape index (κ3) is 4.59. The van der Waals surface area contributed by atoms with Gasteiger partial charge < -0.3 is 10.2 Å². The van der Waals surface area contributed by atoms with Crippen LogP contribution in [0.1, 0.15) is 58.8 Å². The van der Waals surface area contributed by atoms with Crippen LogP contribution >= 0.6 is 0 Å². The van der Waals surface area contributed by atoms with Crippen molar-refractivity contribution in [2.24, 2.45) is 5.92 Å². The Bertz CT molecular complexity index is 207. The smallest absolute Gasteiger partial charge is 0.0169 e. The summed E-state index contributed by atoms with van der Waals surface area (Å²) < 4.78 is 0. The maximum Gasteiger partial charge on any atom is 0.0169 e. The molecule has 2 atom stereocenters. The van der Waals surface area contributed by atoms with Gasteiger partial charge in [-0.05, 0) is 52.1 Å². The standard InChI is InChI=1S/C15H30N2/c1-13(11-15-7-6-8-15)16-14(2)12-17-9-4-3-5-10-17/h13-16H,3-12H2,1-2H3. The Kier molecular flexibility index (Phi) is 5.30. The molecule has 2 heteroatoms. The molecule has 2 nitrogen and oxygen atoms in total. The van der Waals surface area contributed by atoms with E-state index in [2.05, 4.69) is 24.1 Å². The molecule has 2 rings (SSSR count). The summed E-state index contributed by atoms with van der Waals surface area (Å²) in [4.78, 5) is 2.64. The summed E-state index contributed by atoms with van der Waals surface area (Å²) in [6.07, 6.45) is 10.1. The lowest BCUT2D eigenvalue weighted by atomic mass is 9.81. The largest absolute Gasteiger partial charge is 0.310 e. The van der Waals surface area contributed by atoms with Gasteiger partial charge >= 0.3 is 0 Å². The summed E-state index contributed by atoms with van der Waals surface area (Å²) in [5, 5.41) is 3.78. The summed E-state index contributed by atoms with van der Waals surface area (Å²) in [5.41, 5.74) is 0. The molecule has 2 fully saturated rings. The number of hydrogen-bond acceptors (Lipinski definition) is 2. The topological polar surface area (TPSA) is 15.3 Å².